The first-order valence-corrected chi connectivity index (χ1v) is 11.7. The summed E-state index contributed by atoms with van der Waals surface area (Å²) in [6, 6.07) is 8.01. The SMILES string of the molecule is C=C(CC1CC(=O)C(c2c(C)cc(-c3cnc(Cl)nc3)cc2C)C1=O)NCc1cccs1. The van der Waals surface area contributed by atoms with Gasteiger partial charge in [-0.15, -0.1) is 11.3 Å². The number of rotatable bonds is 7. The van der Waals surface area contributed by atoms with Gasteiger partial charge < -0.3 is 5.32 Å². The maximum atomic E-state index is 13.3. The molecule has 0 radical (unpaired) electrons. The number of nitrogens with zero attached hydrogens (tertiary/aromatic N) is 2. The minimum Gasteiger partial charge on any atom is -0.384 e. The highest BCUT2D eigenvalue weighted by molar-refractivity contribution is 7.09. The Hall–Kier alpha value is -2.83. The number of Topliss-reactive ketones (excluding diaryl/α,β-unsaturated/α-hetero) is 2. The Labute approximate surface area is 196 Å². The molecule has 2 aromatic heterocycles. The molecule has 1 aliphatic carbocycles. The molecular weight excluding hydrogens is 442 g/mol. The number of thiophene rings is 1. The second-order valence-corrected chi connectivity index (χ2v) is 9.58. The number of nitrogens with one attached hydrogen (secondary N) is 1. The molecule has 0 aliphatic heterocycles. The third-order valence-corrected chi connectivity index (χ3v) is 6.95. The molecule has 3 aromatic rings. The van der Waals surface area contributed by atoms with Gasteiger partial charge in [0, 0.05) is 47.4 Å². The standard InChI is InChI=1S/C25H24ClN3O2S/c1-14-7-17(19-11-28-25(26)29-12-19)8-15(2)22(14)23-21(30)10-18(24(23)31)9-16(3)27-13-20-5-4-6-32-20/h4-8,11-12,18,23,27H,3,9-10,13H2,1-2H3. The summed E-state index contributed by atoms with van der Waals surface area (Å²) in [5.41, 5.74) is 5.20. The zero-order chi connectivity index (χ0) is 22.8. The van der Waals surface area contributed by atoms with Gasteiger partial charge in [-0.05, 0) is 65.6 Å². The van der Waals surface area contributed by atoms with Gasteiger partial charge in [0.2, 0.25) is 5.28 Å². The van der Waals surface area contributed by atoms with Crippen LogP contribution in [-0.2, 0) is 16.1 Å². The van der Waals surface area contributed by atoms with Crippen molar-refractivity contribution in [2.45, 2.75) is 39.2 Å². The summed E-state index contributed by atoms with van der Waals surface area (Å²) in [6.45, 7) is 8.64. The fraction of sp³-hybridized carbons (Fsp3) is 0.280. The molecule has 7 heteroatoms. The minimum atomic E-state index is -0.708. The maximum Gasteiger partial charge on any atom is 0.222 e. The Morgan fingerprint density at radius 1 is 1.19 bits per heavy atom. The van der Waals surface area contributed by atoms with Crippen molar-refractivity contribution in [3.63, 3.8) is 0 Å². The van der Waals surface area contributed by atoms with Crippen molar-refractivity contribution in [3.8, 4) is 11.1 Å². The summed E-state index contributed by atoms with van der Waals surface area (Å²) in [5.74, 6) is -1.07. The number of carbonyl (C=O) groups is 2. The number of aryl methyl sites for hydroxylation is 2. The molecule has 1 aliphatic rings. The number of benzene rings is 1. The maximum absolute atomic E-state index is 13.3. The lowest BCUT2D eigenvalue weighted by Crippen LogP contribution is -2.20. The summed E-state index contributed by atoms with van der Waals surface area (Å²) in [5, 5.41) is 5.51. The van der Waals surface area contributed by atoms with E-state index in [0.717, 1.165) is 33.5 Å². The molecule has 0 saturated heterocycles. The number of hydrogen-bond acceptors (Lipinski definition) is 6. The van der Waals surface area contributed by atoms with Gasteiger partial charge in [0.25, 0.3) is 0 Å². The van der Waals surface area contributed by atoms with E-state index in [2.05, 4.69) is 27.9 Å². The molecule has 0 amide bonds. The van der Waals surface area contributed by atoms with Crippen LogP contribution in [0.15, 0.2) is 54.3 Å². The topological polar surface area (TPSA) is 72.0 Å². The third-order valence-electron chi connectivity index (χ3n) is 5.88. The van der Waals surface area contributed by atoms with Gasteiger partial charge in [-0.1, -0.05) is 24.8 Å². The van der Waals surface area contributed by atoms with Gasteiger partial charge >= 0.3 is 0 Å². The number of ketones is 2. The van der Waals surface area contributed by atoms with Crippen LogP contribution in [0.5, 0.6) is 0 Å². The van der Waals surface area contributed by atoms with E-state index < -0.39 is 5.92 Å². The van der Waals surface area contributed by atoms with E-state index in [-0.39, 0.29) is 29.2 Å². The molecule has 2 heterocycles. The zero-order valence-corrected chi connectivity index (χ0v) is 19.6. The molecule has 0 bridgehead atoms. The van der Waals surface area contributed by atoms with Crippen LogP contribution in [0, 0.1) is 19.8 Å². The average molecular weight is 466 g/mol. The molecule has 1 aromatic carbocycles. The van der Waals surface area contributed by atoms with Gasteiger partial charge in [0.05, 0.1) is 0 Å². The minimum absolute atomic E-state index is 0.0113. The number of carbonyl (C=O) groups excluding carboxylic acids is 2. The molecule has 0 spiro atoms. The van der Waals surface area contributed by atoms with E-state index in [0.29, 0.717) is 13.0 Å². The number of hydrogen-bond donors (Lipinski definition) is 1. The predicted octanol–water partition coefficient (Wildman–Crippen LogP) is 5.41. The Balaban J connectivity index is 1.50. The second kappa shape index (κ2) is 9.35. The normalized spacial score (nSPS) is 18.2. The largest absolute Gasteiger partial charge is 0.384 e. The molecule has 2 unspecified atom stereocenters. The quantitative estimate of drug-likeness (QED) is 0.373. The van der Waals surface area contributed by atoms with Crippen molar-refractivity contribution < 1.29 is 9.59 Å². The molecule has 32 heavy (non-hydrogen) atoms. The van der Waals surface area contributed by atoms with Crippen molar-refractivity contribution in [2.24, 2.45) is 5.92 Å². The fourth-order valence-electron chi connectivity index (χ4n) is 4.38. The van der Waals surface area contributed by atoms with Crippen LogP contribution in [0.1, 0.15) is 40.3 Å². The van der Waals surface area contributed by atoms with E-state index in [4.69, 9.17) is 11.6 Å². The predicted molar refractivity (Wildman–Crippen MR) is 128 cm³/mol. The fourth-order valence-corrected chi connectivity index (χ4v) is 5.13. The van der Waals surface area contributed by atoms with Crippen LogP contribution in [0.2, 0.25) is 5.28 Å². The molecular formula is C25H24ClN3O2S. The molecule has 1 fully saturated rings. The monoisotopic (exact) mass is 465 g/mol. The molecule has 5 nitrogen and oxygen atoms in total. The van der Waals surface area contributed by atoms with Gasteiger partial charge in [0.15, 0.2) is 5.78 Å². The van der Waals surface area contributed by atoms with Crippen LogP contribution in [-0.4, -0.2) is 21.5 Å². The highest BCUT2D eigenvalue weighted by atomic mass is 35.5. The summed E-state index contributed by atoms with van der Waals surface area (Å²) in [7, 11) is 0. The first kappa shape index (κ1) is 22.4. The van der Waals surface area contributed by atoms with Crippen molar-refractivity contribution in [1.29, 1.82) is 0 Å². The number of allylic oxidation sites excluding steroid dienone is 1. The lowest BCUT2D eigenvalue weighted by atomic mass is 9.85. The lowest BCUT2D eigenvalue weighted by molar-refractivity contribution is -0.124. The summed E-state index contributed by atoms with van der Waals surface area (Å²) >= 11 is 7.46. The first-order chi connectivity index (χ1) is 15.3. The van der Waals surface area contributed by atoms with Gasteiger partial charge in [0.1, 0.15) is 11.7 Å². The van der Waals surface area contributed by atoms with Crippen LogP contribution in [0.25, 0.3) is 11.1 Å². The second-order valence-electron chi connectivity index (χ2n) is 8.21. The van der Waals surface area contributed by atoms with Crippen LogP contribution >= 0.6 is 22.9 Å². The van der Waals surface area contributed by atoms with Gasteiger partial charge in [-0.25, -0.2) is 9.97 Å². The Morgan fingerprint density at radius 2 is 1.88 bits per heavy atom. The Bertz CT molecular complexity index is 1150. The lowest BCUT2D eigenvalue weighted by Gasteiger charge is -2.18. The summed E-state index contributed by atoms with van der Waals surface area (Å²) < 4.78 is 0. The van der Waals surface area contributed by atoms with E-state index in [9.17, 15) is 9.59 Å². The summed E-state index contributed by atoms with van der Waals surface area (Å²) in [6.07, 6.45) is 4.07. The highest BCUT2D eigenvalue weighted by Gasteiger charge is 2.43. The molecule has 164 valence electrons. The molecule has 4 rings (SSSR count). The van der Waals surface area contributed by atoms with Crippen molar-refractivity contribution in [1.82, 2.24) is 15.3 Å². The van der Waals surface area contributed by atoms with E-state index in [1.165, 1.54) is 4.88 Å². The van der Waals surface area contributed by atoms with Crippen molar-refractivity contribution in [3.05, 3.63) is 81.2 Å². The smallest absolute Gasteiger partial charge is 0.222 e. The van der Waals surface area contributed by atoms with Crippen LogP contribution in [0.3, 0.4) is 0 Å². The van der Waals surface area contributed by atoms with E-state index >= 15 is 0 Å². The van der Waals surface area contributed by atoms with Gasteiger partial charge in [-0.2, -0.15) is 0 Å². The first-order valence-electron chi connectivity index (χ1n) is 10.4. The van der Waals surface area contributed by atoms with Crippen molar-refractivity contribution in [2.75, 3.05) is 0 Å². The highest BCUT2D eigenvalue weighted by Crippen LogP contribution is 2.39. The van der Waals surface area contributed by atoms with Crippen LogP contribution < -0.4 is 5.32 Å². The van der Waals surface area contributed by atoms with E-state index in [1.807, 2.05) is 37.4 Å². The average Bonchev–Trinajstić information content (AvgIpc) is 3.36. The van der Waals surface area contributed by atoms with Crippen LogP contribution in [0.4, 0.5) is 0 Å². The van der Waals surface area contributed by atoms with E-state index in [1.54, 1.807) is 23.7 Å². The summed E-state index contributed by atoms with van der Waals surface area (Å²) in [4.78, 5) is 35.5. The van der Waals surface area contributed by atoms with Crippen molar-refractivity contribution >= 4 is 34.5 Å². The Kier molecular flexibility index (Phi) is 6.53. The molecule has 2 atom stereocenters. The molecule has 1 N–H and O–H groups in total. The number of halogens is 1. The zero-order valence-electron chi connectivity index (χ0n) is 18.0. The third kappa shape index (κ3) is 4.66. The van der Waals surface area contributed by atoms with Gasteiger partial charge in [-0.3, -0.25) is 9.59 Å². The molecule has 1 saturated carbocycles. The number of aromatic nitrogens is 2. The Morgan fingerprint density at radius 3 is 2.50 bits per heavy atom.